The fraction of sp³-hybridized carbons (Fsp3) is 0.176. The lowest BCUT2D eigenvalue weighted by molar-refractivity contribution is -0.122. The van der Waals surface area contributed by atoms with Crippen LogP contribution in [0.25, 0.3) is 0 Å². The second kappa shape index (κ2) is 7.21. The first-order chi connectivity index (χ1) is 11.9. The standard InChI is InChI=1S/C17H14Cl2N2O4/c1-9-17(23)21-13-7-11(3-5-15(13)25-9)20-16(22)8-24-14-4-2-10(18)6-12(14)19/h2-7,9H,8H2,1H3,(H,20,22)(H,21,23)/t9-/m1/s1. The lowest BCUT2D eigenvalue weighted by Crippen LogP contribution is -2.34. The Bertz CT molecular complexity index is 841. The van der Waals surface area contributed by atoms with E-state index in [-0.39, 0.29) is 18.4 Å². The molecule has 25 heavy (non-hydrogen) atoms. The van der Waals surface area contributed by atoms with Gasteiger partial charge in [0.2, 0.25) is 0 Å². The molecule has 1 heterocycles. The minimum Gasteiger partial charge on any atom is -0.482 e. The quantitative estimate of drug-likeness (QED) is 0.846. The number of ether oxygens (including phenoxy) is 2. The van der Waals surface area contributed by atoms with Crippen molar-refractivity contribution in [1.82, 2.24) is 0 Å². The SMILES string of the molecule is C[C@H]1Oc2ccc(NC(=O)COc3ccc(Cl)cc3Cl)cc2NC1=O. The molecule has 2 N–H and O–H groups in total. The fourth-order valence-corrected chi connectivity index (χ4v) is 2.68. The molecule has 2 amide bonds. The Balaban J connectivity index is 1.61. The molecule has 0 saturated heterocycles. The van der Waals surface area contributed by atoms with Gasteiger partial charge in [-0.25, -0.2) is 0 Å². The molecule has 2 aromatic rings. The molecule has 2 aromatic carbocycles. The number of rotatable bonds is 4. The zero-order valence-corrected chi connectivity index (χ0v) is 14.6. The van der Waals surface area contributed by atoms with Gasteiger partial charge in [0, 0.05) is 10.7 Å². The first kappa shape index (κ1) is 17.4. The van der Waals surface area contributed by atoms with E-state index in [1.165, 1.54) is 6.07 Å². The van der Waals surface area contributed by atoms with Gasteiger partial charge in [0.15, 0.2) is 12.7 Å². The second-order valence-electron chi connectivity index (χ2n) is 5.37. The van der Waals surface area contributed by atoms with Gasteiger partial charge < -0.3 is 20.1 Å². The smallest absolute Gasteiger partial charge is 0.265 e. The van der Waals surface area contributed by atoms with Crippen LogP contribution in [-0.2, 0) is 9.59 Å². The third-order valence-electron chi connectivity index (χ3n) is 3.45. The minimum absolute atomic E-state index is 0.224. The van der Waals surface area contributed by atoms with Crippen molar-refractivity contribution >= 4 is 46.4 Å². The summed E-state index contributed by atoms with van der Waals surface area (Å²) in [6.45, 7) is 1.44. The molecule has 0 unspecified atom stereocenters. The molecule has 1 atom stereocenters. The summed E-state index contributed by atoms with van der Waals surface area (Å²) in [5, 5.41) is 6.20. The molecule has 0 bridgehead atoms. The number of anilines is 2. The summed E-state index contributed by atoms with van der Waals surface area (Å²) < 4.78 is 10.8. The number of carbonyl (C=O) groups excluding carboxylic acids is 2. The Morgan fingerprint density at radius 2 is 2.08 bits per heavy atom. The molecule has 3 rings (SSSR count). The number of hydrogen-bond donors (Lipinski definition) is 2. The lowest BCUT2D eigenvalue weighted by atomic mass is 10.2. The van der Waals surface area contributed by atoms with Crippen LogP contribution < -0.4 is 20.1 Å². The topological polar surface area (TPSA) is 76.7 Å². The van der Waals surface area contributed by atoms with E-state index < -0.39 is 6.10 Å². The van der Waals surface area contributed by atoms with E-state index in [2.05, 4.69) is 10.6 Å². The predicted molar refractivity (Wildman–Crippen MR) is 95.7 cm³/mol. The molecule has 8 heteroatoms. The van der Waals surface area contributed by atoms with Gasteiger partial charge in [-0.2, -0.15) is 0 Å². The maximum Gasteiger partial charge on any atom is 0.265 e. The normalized spacial score (nSPS) is 15.6. The average molecular weight is 381 g/mol. The van der Waals surface area contributed by atoms with Crippen LogP contribution in [0.1, 0.15) is 6.92 Å². The van der Waals surface area contributed by atoms with Crippen LogP contribution in [0.4, 0.5) is 11.4 Å². The molecule has 1 aliphatic rings. The van der Waals surface area contributed by atoms with Gasteiger partial charge in [0.05, 0.1) is 10.7 Å². The molecule has 130 valence electrons. The van der Waals surface area contributed by atoms with Crippen molar-refractivity contribution in [3.8, 4) is 11.5 Å². The molecule has 0 fully saturated rings. The highest BCUT2D eigenvalue weighted by molar-refractivity contribution is 6.35. The van der Waals surface area contributed by atoms with Crippen LogP contribution in [0.3, 0.4) is 0 Å². The van der Waals surface area contributed by atoms with Crippen LogP contribution in [0.15, 0.2) is 36.4 Å². The van der Waals surface area contributed by atoms with Crippen LogP contribution in [0.2, 0.25) is 10.0 Å². The molecule has 0 radical (unpaired) electrons. The number of halogens is 2. The molecule has 0 spiro atoms. The van der Waals surface area contributed by atoms with E-state index in [0.29, 0.717) is 32.9 Å². The van der Waals surface area contributed by atoms with Crippen LogP contribution in [0.5, 0.6) is 11.5 Å². The van der Waals surface area contributed by atoms with Crippen molar-refractivity contribution in [2.75, 3.05) is 17.2 Å². The van der Waals surface area contributed by atoms with E-state index in [4.69, 9.17) is 32.7 Å². The summed E-state index contributed by atoms with van der Waals surface area (Å²) in [7, 11) is 0. The highest BCUT2D eigenvalue weighted by Gasteiger charge is 2.23. The van der Waals surface area contributed by atoms with Gasteiger partial charge >= 0.3 is 0 Å². The number of carbonyl (C=O) groups is 2. The van der Waals surface area contributed by atoms with Crippen molar-refractivity contribution in [2.45, 2.75) is 13.0 Å². The largest absolute Gasteiger partial charge is 0.482 e. The number of amides is 2. The molecular weight excluding hydrogens is 367 g/mol. The summed E-state index contributed by atoms with van der Waals surface area (Å²) in [6.07, 6.45) is -0.550. The summed E-state index contributed by atoms with van der Waals surface area (Å²) in [5.74, 6) is 0.301. The van der Waals surface area contributed by atoms with Crippen LogP contribution in [0, 0.1) is 0 Å². The van der Waals surface area contributed by atoms with Crippen molar-refractivity contribution in [3.05, 3.63) is 46.4 Å². The molecule has 6 nitrogen and oxygen atoms in total. The van der Waals surface area contributed by atoms with Crippen molar-refractivity contribution in [1.29, 1.82) is 0 Å². The zero-order chi connectivity index (χ0) is 18.0. The zero-order valence-electron chi connectivity index (χ0n) is 13.1. The van der Waals surface area contributed by atoms with Gasteiger partial charge in [-0.3, -0.25) is 9.59 Å². The predicted octanol–water partition coefficient (Wildman–Crippen LogP) is 3.73. The molecule has 0 aromatic heterocycles. The van der Waals surface area contributed by atoms with Gasteiger partial charge in [-0.1, -0.05) is 23.2 Å². The Hall–Kier alpha value is -2.44. The minimum atomic E-state index is -0.550. The molecule has 1 aliphatic heterocycles. The second-order valence-corrected chi connectivity index (χ2v) is 6.22. The molecule has 0 aliphatic carbocycles. The van der Waals surface area contributed by atoms with E-state index in [1.54, 1.807) is 37.3 Å². The van der Waals surface area contributed by atoms with Gasteiger partial charge in [-0.15, -0.1) is 0 Å². The maximum atomic E-state index is 12.0. The van der Waals surface area contributed by atoms with Crippen molar-refractivity contribution in [3.63, 3.8) is 0 Å². The summed E-state index contributed by atoms with van der Waals surface area (Å²) in [4.78, 5) is 23.7. The van der Waals surface area contributed by atoms with Crippen LogP contribution in [-0.4, -0.2) is 24.5 Å². The highest BCUT2D eigenvalue weighted by atomic mass is 35.5. The number of hydrogen-bond acceptors (Lipinski definition) is 4. The first-order valence-corrected chi connectivity index (χ1v) is 8.17. The third kappa shape index (κ3) is 4.15. The van der Waals surface area contributed by atoms with Gasteiger partial charge in [-0.05, 0) is 43.3 Å². The Kier molecular flexibility index (Phi) is 5.01. The third-order valence-corrected chi connectivity index (χ3v) is 3.98. The Morgan fingerprint density at radius 3 is 2.84 bits per heavy atom. The van der Waals surface area contributed by atoms with E-state index in [0.717, 1.165) is 0 Å². The summed E-state index contributed by atoms with van der Waals surface area (Å²) in [6, 6.07) is 9.71. The first-order valence-electron chi connectivity index (χ1n) is 7.41. The number of fused-ring (bicyclic) bond motifs is 1. The Morgan fingerprint density at radius 1 is 1.28 bits per heavy atom. The van der Waals surface area contributed by atoms with E-state index in [9.17, 15) is 9.59 Å². The summed E-state index contributed by atoms with van der Waals surface area (Å²) >= 11 is 11.8. The monoisotopic (exact) mass is 380 g/mol. The van der Waals surface area contributed by atoms with Crippen molar-refractivity contribution in [2.24, 2.45) is 0 Å². The van der Waals surface area contributed by atoms with E-state index >= 15 is 0 Å². The molecular formula is C17H14Cl2N2O4. The average Bonchev–Trinajstić information content (AvgIpc) is 2.55. The van der Waals surface area contributed by atoms with Crippen LogP contribution >= 0.6 is 23.2 Å². The molecule has 0 saturated carbocycles. The van der Waals surface area contributed by atoms with Gasteiger partial charge in [0.1, 0.15) is 11.5 Å². The lowest BCUT2D eigenvalue weighted by Gasteiger charge is -2.23. The fourth-order valence-electron chi connectivity index (χ4n) is 2.22. The Labute approximate surface area is 154 Å². The van der Waals surface area contributed by atoms with E-state index in [1.807, 2.05) is 0 Å². The van der Waals surface area contributed by atoms with Crippen molar-refractivity contribution < 1.29 is 19.1 Å². The highest BCUT2D eigenvalue weighted by Crippen LogP contribution is 2.32. The summed E-state index contributed by atoms with van der Waals surface area (Å²) in [5.41, 5.74) is 1.01. The number of nitrogens with one attached hydrogen (secondary N) is 2. The van der Waals surface area contributed by atoms with Gasteiger partial charge in [0.25, 0.3) is 11.8 Å². The number of benzene rings is 2. The maximum absolute atomic E-state index is 12.0.